The molecule has 1 saturated carbocycles. The average Bonchev–Trinajstić information content (AvgIpc) is 3.01. The first-order chi connectivity index (χ1) is 15.0. The van der Waals surface area contributed by atoms with Crippen molar-refractivity contribution in [3.8, 4) is 17.2 Å². The molecule has 2 aromatic heterocycles. The van der Waals surface area contributed by atoms with Crippen molar-refractivity contribution in [1.29, 1.82) is 5.26 Å². The van der Waals surface area contributed by atoms with Crippen LogP contribution in [0.25, 0.3) is 11.1 Å². The second kappa shape index (κ2) is 7.22. The normalized spacial score (nSPS) is 17.0. The van der Waals surface area contributed by atoms with Crippen molar-refractivity contribution in [2.45, 2.75) is 31.7 Å². The SMILES string of the molecule is Cc1cc(N2C(=O)C3(CCC3)N(c3ccc(-c4cncnc4)cc3)C2=S)cnc1C#N. The lowest BCUT2D eigenvalue weighted by molar-refractivity contribution is -0.123. The van der Waals surface area contributed by atoms with Crippen molar-refractivity contribution in [3.63, 3.8) is 0 Å². The molecule has 0 bridgehead atoms. The van der Waals surface area contributed by atoms with Gasteiger partial charge in [0.05, 0.1) is 11.9 Å². The number of nitrogens with zero attached hydrogens (tertiary/aromatic N) is 6. The topological polar surface area (TPSA) is 86.0 Å². The van der Waals surface area contributed by atoms with E-state index in [0.29, 0.717) is 22.1 Å². The quantitative estimate of drug-likeness (QED) is 0.589. The molecule has 1 spiro atoms. The number of anilines is 2. The van der Waals surface area contributed by atoms with E-state index in [1.807, 2.05) is 36.1 Å². The highest BCUT2D eigenvalue weighted by Gasteiger charge is 2.59. The molecule has 1 aromatic carbocycles. The number of benzene rings is 1. The largest absolute Gasteiger partial charge is 0.303 e. The summed E-state index contributed by atoms with van der Waals surface area (Å²) in [5.74, 6) is -0.0322. The number of aryl methyl sites for hydroxylation is 1. The summed E-state index contributed by atoms with van der Waals surface area (Å²) in [4.78, 5) is 29.4. The number of carbonyl (C=O) groups excluding carboxylic acids is 1. The Morgan fingerprint density at radius 3 is 2.35 bits per heavy atom. The molecule has 8 heteroatoms. The molecule has 0 atom stereocenters. The molecule has 31 heavy (non-hydrogen) atoms. The average molecular weight is 427 g/mol. The van der Waals surface area contributed by atoms with Gasteiger partial charge < -0.3 is 4.90 Å². The molecule has 0 unspecified atom stereocenters. The number of rotatable bonds is 3. The Bertz CT molecular complexity index is 1230. The third kappa shape index (κ3) is 2.89. The van der Waals surface area contributed by atoms with Gasteiger partial charge in [0.1, 0.15) is 23.6 Å². The van der Waals surface area contributed by atoms with Gasteiger partial charge in [0, 0.05) is 23.6 Å². The predicted molar refractivity (Wildman–Crippen MR) is 120 cm³/mol. The van der Waals surface area contributed by atoms with Crippen molar-refractivity contribution in [1.82, 2.24) is 15.0 Å². The van der Waals surface area contributed by atoms with Crippen molar-refractivity contribution in [2.75, 3.05) is 9.80 Å². The summed E-state index contributed by atoms with van der Waals surface area (Å²) in [7, 11) is 0. The predicted octanol–water partition coefficient (Wildman–Crippen LogP) is 3.78. The van der Waals surface area contributed by atoms with E-state index in [1.165, 1.54) is 6.33 Å². The van der Waals surface area contributed by atoms with Crippen LogP contribution in [0.15, 0.2) is 55.2 Å². The van der Waals surface area contributed by atoms with Crippen molar-refractivity contribution < 1.29 is 4.79 Å². The van der Waals surface area contributed by atoms with Gasteiger partial charge in [-0.25, -0.2) is 15.0 Å². The minimum atomic E-state index is -0.656. The lowest BCUT2D eigenvalue weighted by Crippen LogP contribution is -2.55. The van der Waals surface area contributed by atoms with Crippen LogP contribution < -0.4 is 9.80 Å². The molecule has 0 N–H and O–H groups in total. The molecule has 7 nitrogen and oxygen atoms in total. The maximum Gasteiger partial charge on any atom is 0.259 e. The third-order valence-electron chi connectivity index (χ3n) is 6.04. The van der Waals surface area contributed by atoms with E-state index in [-0.39, 0.29) is 5.91 Å². The molecule has 1 saturated heterocycles. The number of aromatic nitrogens is 3. The number of thiocarbonyl (C=S) groups is 1. The van der Waals surface area contributed by atoms with Gasteiger partial charge in [-0.05, 0) is 67.7 Å². The number of hydrogen-bond acceptors (Lipinski definition) is 6. The van der Waals surface area contributed by atoms with E-state index >= 15 is 0 Å². The fourth-order valence-corrected chi connectivity index (χ4v) is 4.73. The standard InChI is InChI=1S/C23H18N6OS/c1-15-9-19(13-27-20(15)10-24)28-21(30)23(7-2-8-23)29(22(28)31)18-5-3-16(4-6-18)17-11-25-14-26-12-17/h3-6,9,11-14H,2,7-8H2,1H3. The van der Waals surface area contributed by atoms with Crippen LogP contribution in [-0.4, -0.2) is 31.5 Å². The first kappa shape index (κ1) is 19.3. The number of nitriles is 1. The van der Waals surface area contributed by atoms with Crippen LogP contribution >= 0.6 is 12.2 Å². The molecule has 2 aliphatic rings. The van der Waals surface area contributed by atoms with Crippen LogP contribution in [0.1, 0.15) is 30.5 Å². The third-order valence-corrected chi connectivity index (χ3v) is 6.40. The zero-order valence-electron chi connectivity index (χ0n) is 16.8. The highest BCUT2D eigenvalue weighted by atomic mass is 32.1. The minimum absolute atomic E-state index is 0.0322. The fraction of sp³-hybridized carbons (Fsp3) is 0.217. The number of pyridine rings is 1. The van der Waals surface area contributed by atoms with Gasteiger partial charge in [0.15, 0.2) is 5.11 Å². The van der Waals surface area contributed by atoms with Gasteiger partial charge in [-0.2, -0.15) is 5.26 Å². The molecule has 0 radical (unpaired) electrons. The second-order valence-corrected chi connectivity index (χ2v) is 8.15. The molecule has 152 valence electrons. The van der Waals surface area contributed by atoms with Crippen LogP contribution in [-0.2, 0) is 4.79 Å². The van der Waals surface area contributed by atoms with Crippen molar-refractivity contribution >= 4 is 34.6 Å². The number of carbonyl (C=O) groups is 1. The summed E-state index contributed by atoms with van der Waals surface area (Å²) in [6, 6.07) is 11.8. The van der Waals surface area contributed by atoms with Crippen LogP contribution in [0.3, 0.4) is 0 Å². The maximum absolute atomic E-state index is 13.5. The van der Waals surface area contributed by atoms with Crippen molar-refractivity contribution in [2.24, 2.45) is 0 Å². The fourth-order valence-electron chi connectivity index (χ4n) is 4.26. The Morgan fingerprint density at radius 1 is 1.06 bits per heavy atom. The van der Waals surface area contributed by atoms with Crippen LogP contribution in [0.4, 0.5) is 11.4 Å². The number of amides is 1. The molecular formula is C23H18N6OS. The Hall–Kier alpha value is -3.70. The zero-order chi connectivity index (χ0) is 21.6. The molecule has 5 rings (SSSR count). The van der Waals surface area contributed by atoms with Gasteiger partial charge >= 0.3 is 0 Å². The lowest BCUT2D eigenvalue weighted by Gasteiger charge is -2.43. The molecule has 1 amide bonds. The summed E-state index contributed by atoms with van der Waals surface area (Å²) in [5, 5.41) is 9.61. The molecule has 3 heterocycles. The lowest BCUT2D eigenvalue weighted by atomic mass is 9.75. The van der Waals surface area contributed by atoms with E-state index in [2.05, 4.69) is 21.0 Å². The van der Waals surface area contributed by atoms with Gasteiger partial charge in [-0.15, -0.1) is 0 Å². The Kier molecular flexibility index (Phi) is 4.49. The van der Waals surface area contributed by atoms with E-state index < -0.39 is 5.54 Å². The van der Waals surface area contributed by atoms with Crippen LogP contribution in [0, 0.1) is 18.3 Å². The van der Waals surface area contributed by atoms with Crippen molar-refractivity contribution in [3.05, 3.63) is 66.5 Å². The summed E-state index contributed by atoms with van der Waals surface area (Å²) >= 11 is 5.80. The van der Waals surface area contributed by atoms with Crippen LogP contribution in [0.2, 0.25) is 0 Å². The zero-order valence-corrected chi connectivity index (χ0v) is 17.6. The van der Waals surface area contributed by atoms with Gasteiger partial charge in [-0.3, -0.25) is 9.69 Å². The highest BCUT2D eigenvalue weighted by molar-refractivity contribution is 7.81. The maximum atomic E-state index is 13.5. The van der Waals surface area contributed by atoms with E-state index in [0.717, 1.165) is 36.1 Å². The Labute approximate surface area is 185 Å². The van der Waals surface area contributed by atoms with E-state index in [9.17, 15) is 4.79 Å². The molecule has 1 aliphatic heterocycles. The van der Waals surface area contributed by atoms with Gasteiger partial charge in [0.2, 0.25) is 0 Å². The molecule has 1 aliphatic carbocycles. The highest BCUT2D eigenvalue weighted by Crippen LogP contribution is 2.47. The van der Waals surface area contributed by atoms with Gasteiger partial charge in [0.25, 0.3) is 5.91 Å². The summed E-state index contributed by atoms with van der Waals surface area (Å²) in [5.41, 5.74) is 3.79. The first-order valence-corrected chi connectivity index (χ1v) is 10.4. The van der Waals surface area contributed by atoms with Crippen LogP contribution in [0.5, 0.6) is 0 Å². The number of hydrogen-bond donors (Lipinski definition) is 0. The second-order valence-electron chi connectivity index (χ2n) is 7.79. The molecular weight excluding hydrogens is 408 g/mol. The van der Waals surface area contributed by atoms with Gasteiger partial charge in [-0.1, -0.05) is 12.1 Å². The summed E-state index contributed by atoms with van der Waals surface area (Å²) < 4.78 is 0. The Morgan fingerprint density at radius 2 is 1.77 bits per heavy atom. The van der Waals surface area contributed by atoms with E-state index in [1.54, 1.807) is 29.6 Å². The first-order valence-electron chi connectivity index (χ1n) is 9.96. The minimum Gasteiger partial charge on any atom is -0.303 e. The Balaban J connectivity index is 1.53. The monoisotopic (exact) mass is 426 g/mol. The van der Waals surface area contributed by atoms with E-state index in [4.69, 9.17) is 17.5 Å². The molecule has 3 aromatic rings. The smallest absolute Gasteiger partial charge is 0.259 e. The summed E-state index contributed by atoms with van der Waals surface area (Å²) in [6.07, 6.45) is 9.05. The molecule has 2 fully saturated rings. The summed E-state index contributed by atoms with van der Waals surface area (Å²) in [6.45, 7) is 1.81.